The summed E-state index contributed by atoms with van der Waals surface area (Å²) in [5.74, 6) is 0. The Kier molecular flexibility index (Phi) is 1.85. The summed E-state index contributed by atoms with van der Waals surface area (Å²) in [4.78, 5) is 1.54. The van der Waals surface area contributed by atoms with Crippen molar-refractivity contribution in [2.24, 2.45) is 0 Å². The van der Waals surface area contributed by atoms with Crippen molar-refractivity contribution in [3.05, 3.63) is 34.7 Å². The van der Waals surface area contributed by atoms with E-state index in [2.05, 4.69) is 36.5 Å². The first kappa shape index (κ1) is 8.45. The summed E-state index contributed by atoms with van der Waals surface area (Å²) in [6.07, 6.45) is 1.30. The van der Waals surface area contributed by atoms with E-state index in [4.69, 9.17) is 0 Å². The topological polar surface area (TPSA) is 12.0 Å². The zero-order valence-corrected chi connectivity index (χ0v) is 9.03. The number of thiophene rings is 1. The van der Waals surface area contributed by atoms with Gasteiger partial charge in [-0.25, -0.2) is 0 Å². The zero-order valence-electron chi connectivity index (χ0n) is 8.21. The van der Waals surface area contributed by atoms with Crippen LogP contribution in [0.15, 0.2) is 24.3 Å². The van der Waals surface area contributed by atoms with Crippen molar-refractivity contribution in [3.63, 3.8) is 0 Å². The Bertz CT molecular complexity index is 468. The monoisotopic (exact) mass is 203 g/mol. The summed E-state index contributed by atoms with van der Waals surface area (Å²) in [5, 5.41) is 4.91. The third-order valence-electron chi connectivity index (χ3n) is 3.02. The fourth-order valence-corrected chi connectivity index (χ4v) is 3.36. The summed E-state index contributed by atoms with van der Waals surface area (Å²) in [5.41, 5.74) is 1.47. The Hall–Kier alpha value is -0.860. The van der Waals surface area contributed by atoms with Gasteiger partial charge in [0, 0.05) is 15.6 Å². The molecule has 1 aliphatic heterocycles. The Balaban J connectivity index is 2.19. The molecule has 1 aromatic heterocycles. The van der Waals surface area contributed by atoms with E-state index in [1.165, 1.54) is 33.5 Å². The van der Waals surface area contributed by atoms with Crippen molar-refractivity contribution >= 4 is 21.4 Å². The second kappa shape index (κ2) is 3.07. The highest BCUT2D eigenvalue weighted by molar-refractivity contribution is 7.19. The largest absolute Gasteiger partial charge is 0.309 e. The van der Waals surface area contributed by atoms with E-state index in [0.29, 0.717) is 6.04 Å². The van der Waals surface area contributed by atoms with Crippen LogP contribution in [0, 0.1) is 6.92 Å². The molecule has 14 heavy (non-hydrogen) atoms. The van der Waals surface area contributed by atoms with Gasteiger partial charge in [-0.2, -0.15) is 0 Å². The maximum atomic E-state index is 3.47. The molecular weight excluding hydrogens is 190 g/mol. The van der Waals surface area contributed by atoms with Crippen LogP contribution in [-0.4, -0.2) is 6.54 Å². The number of nitrogens with one attached hydrogen (secondary N) is 1. The molecule has 2 heterocycles. The molecule has 72 valence electrons. The molecule has 1 aliphatic rings. The molecule has 0 unspecified atom stereocenters. The molecule has 1 nitrogen and oxygen atoms in total. The average Bonchev–Trinajstić information content (AvgIpc) is 2.43. The summed E-state index contributed by atoms with van der Waals surface area (Å²) in [6.45, 7) is 3.42. The van der Waals surface area contributed by atoms with E-state index in [1.807, 2.05) is 11.3 Å². The summed E-state index contributed by atoms with van der Waals surface area (Å²) in [7, 11) is 0. The molecular formula is C12H13NS. The molecule has 1 fully saturated rings. The molecule has 0 radical (unpaired) electrons. The van der Waals surface area contributed by atoms with Crippen molar-refractivity contribution < 1.29 is 0 Å². The second-order valence-electron chi connectivity index (χ2n) is 3.88. The molecule has 1 aromatic carbocycles. The highest BCUT2D eigenvalue weighted by atomic mass is 32.1. The van der Waals surface area contributed by atoms with E-state index >= 15 is 0 Å². The Morgan fingerprint density at radius 1 is 1.36 bits per heavy atom. The smallest absolute Gasteiger partial charge is 0.0430 e. The van der Waals surface area contributed by atoms with Crippen LogP contribution >= 0.6 is 11.3 Å². The van der Waals surface area contributed by atoms with Gasteiger partial charge in [-0.05, 0) is 36.9 Å². The normalized spacial score (nSPS) is 21.1. The quantitative estimate of drug-likeness (QED) is 0.750. The van der Waals surface area contributed by atoms with Gasteiger partial charge in [0.1, 0.15) is 0 Å². The zero-order chi connectivity index (χ0) is 9.54. The standard InChI is InChI=1S/C12H13NS/c1-8-9-4-2-3-5-11(9)14-12(8)10-6-7-13-10/h2-5,10,13H,6-7H2,1H3/t10-/m1/s1. The molecule has 1 N–H and O–H groups in total. The third kappa shape index (κ3) is 1.11. The predicted molar refractivity (Wildman–Crippen MR) is 61.9 cm³/mol. The van der Waals surface area contributed by atoms with Crippen LogP contribution in [0.5, 0.6) is 0 Å². The molecule has 1 atom stereocenters. The molecule has 1 saturated heterocycles. The van der Waals surface area contributed by atoms with Gasteiger partial charge in [0.15, 0.2) is 0 Å². The predicted octanol–water partition coefficient (Wildman–Crippen LogP) is 3.24. The molecule has 0 spiro atoms. The van der Waals surface area contributed by atoms with Crippen LogP contribution in [0.2, 0.25) is 0 Å². The number of aryl methyl sites for hydroxylation is 1. The lowest BCUT2D eigenvalue weighted by atomic mass is 10.0. The molecule has 0 saturated carbocycles. The minimum absolute atomic E-state index is 0.632. The first-order valence-electron chi connectivity index (χ1n) is 5.07. The average molecular weight is 203 g/mol. The molecule has 0 aliphatic carbocycles. The van der Waals surface area contributed by atoms with E-state index in [1.54, 1.807) is 0 Å². The van der Waals surface area contributed by atoms with Crippen LogP contribution < -0.4 is 5.32 Å². The highest BCUT2D eigenvalue weighted by Crippen LogP contribution is 2.37. The van der Waals surface area contributed by atoms with Crippen LogP contribution in [0.4, 0.5) is 0 Å². The second-order valence-corrected chi connectivity index (χ2v) is 4.97. The SMILES string of the molecule is Cc1c([C@H]2CCN2)sc2ccccc12. The number of fused-ring (bicyclic) bond motifs is 1. The molecule has 0 amide bonds. The maximum absolute atomic E-state index is 3.47. The van der Waals surface area contributed by atoms with Gasteiger partial charge in [0.05, 0.1) is 0 Å². The Morgan fingerprint density at radius 2 is 2.14 bits per heavy atom. The van der Waals surface area contributed by atoms with Crippen LogP contribution in [-0.2, 0) is 0 Å². The number of hydrogen-bond donors (Lipinski definition) is 1. The van der Waals surface area contributed by atoms with E-state index in [9.17, 15) is 0 Å². The Labute approximate surface area is 87.8 Å². The van der Waals surface area contributed by atoms with Gasteiger partial charge < -0.3 is 5.32 Å². The van der Waals surface area contributed by atoms with Crippen molar-refractivity contribution in [3.8, 4) is 0 Å². The van der Waals surface area contributed by atoms with Gasteiger partial charge in [0.25, 0.3) is 0 Å². The fraction of sp³-hybridized carbons (Fsp3) is 0.333. The van der Waals surface area contributed by atoms with Crippen molar-refractivity contribution in [2.45, 2.75) is 19.4 Å². The lowest BCUT2D eigenvalue weighted by Gasteiger charge is -2.27. The molecule has 0 bridgehead atoms. The van der Waals surface area contributed by atoms with Gasteiger partial charge >= 0.3 is 0 Å². The molecule has 3 rings (SSSR count). The summed E-state index contributed by atoms with van der Waals surface area (Å²) in [6, 6.07) is 9.32. The molecule has 2 heteroatoms. The van der Waals surface area contributed by atoms with Crippen molar-refractivity contribution in [2.75, 3.05) is 6.54 Å². The number of hydrogen-bond acceptors (Lipinski definition) is 2. The Morgan fingerprint density at radius 3 is 2.79 bits per heavy atom. The van der Waals surface area contributed by atoms with E-state index in [0.717, 1.165) is 0 Å². The minimum atomic E-state index is 0.632. The fourth-order valence-electron chi connectivity index (χ4n) is 2.04. The van der Waals surface area contributed by atoms with Crippen molar-refractivity contribution in [1.29, 1.82) is 0 Å². The van der Waals surface area contributed by atoms with Gasteiger partial charge in [0.2, 0.25) is 0 Å². The van der Waals surface area contributed by atoms with Crippen LogP contribution in [0.25, 0.3) is 10.1 Å². The van der Waals surface area contributed by atoms with E-state index in [-0.39, 0.29) is 0 Å². The lowest BCUT2D eigenvalue weighted by molar-refractivity contribution is 0.388. The lowest BCUT2D eigenvalue weighted by Crippen LogP contribution is -2.34. The van der Waals surface area contributed by atoms with E-state index < -0.39 is 0 Å². The minimum Gasteiger partial charge on any atom is -0.309 e. The van der Waals surface area contributed by atoms with Crippen molar-refractivity contribution in [1.82, 2.24) is 5.32 Å². The van der Waals surface area contributed by atoms with Crippen LogP contribution in [0.1, 0.15) is 22.9 Å². The van der Waals surface area contributed by atoms with Gasteiger partial charge in [-0.15, -0.1) is 11.3 Å². The van der Waals surface area contributed by atoms with Crippen LogP contribution in [0.3, 0.4) is 0 Å². The van der Waals surface area contributed by atoms with Gasteiger partial charge in [-0.3, -0.25) is 0 Å². The van der Waals surface area contributed by atoms with Gasteiger partial charge in [-0.1, -0.05) is 18.2 Å². The summed E-state index contributed by atoms with van der Waals surface area (Å²) >= 11 is 1.95. The number of rotatable bonds is 1. The first-order valence-corrected chi connectivity index (χ1v) is 5.89. The summed E-state index contributed by atoms with van der Waals surface area (Å²) < 4.78 is 1.42. The number of benzene rings is 1. The molecule has 2 aromatic rings. The highest BCUT2D eigenvalue weighted by Gasteiger charge is 2.22. The third-order valence-corrected chi connectivity index (χ3v) is 4.41. The maximum Gasteiger partial charge on any atom is 0.0430 e. The first-order chi connectivity index (χ1) is 6.86.